The summed E-state index contributed by atoms with van der Waals surface area (Å²) in [5.74, 6) is 0. The highest BCUT2D eigenvalue weighted by Crippen LogP contribution is 2.39. The molecule has 0 bridgehead atoms. The van der Waals surface area contributed by atoms with Gasteiger partial charge in [0.1, 0.15) is 6.33 Å². The van der Waals surface area contributed by atoms with Gasteiger partial charge in [-0.1, -0.05) is 72.8 Å². The summed E-state index contributed by atoms with van der Waals surface area (Å²) in [5.41, 5.74) is 2.52. The highest BCUT2D eigenvalue weighted by molar-refractivity contribution is 7.26. The van der Waals surface area contributed by atoms with Crippen LogP contribution in [0.1, 0.15) is 0 Å². The molecular weight excluding hydrogens is 477 g/mol. The zero-order chi connectivity index (χ0) is 23.6. The second-order valence-electron chi connectivity index (χ2n) is 9.03. The van der Waals surface area contributed by atoms with Crippen molar-refractivity contribution in [3.8, 4) is 11.1 Å². The predicted molar refractivity (Wildman–Crippen MR) is 148 cm³/mol. The number of nitrogens with zero attached hydrogens (tertiary/aromatic N) is 2. The van der Waals surface area contributed by atoms with Crippen LogP contribution in [0.4, 0.5) is 0 Å². The van der Waals surface area contributed by atoms with E-state index in [1.54, 1.807) is 17.7 Å². The van der Waals surface area contributed by atoms with Crippen molar-refractivity contribution in [3.05, 3.63) is 150 Å². The molecule has 0 unspecified atom stereocenters. The third-order valence-electron chi connectivity index (χ3n) is 7.12. The molecule has 0 spiro atoms. The Bertz CT molecular complexity index is 2390. The fourth-order valence-corrected chi connectivity index (χ4v) is 7.69. The van der Waals surface area contributed by atoms with Gasteiger partial charge in [0, 0.05) is 51.8 Å². The van der Waals surface area contributed by atoms with Crippen LogP contribution in [-0.2, 0) is 0 Å². The molecular formula is C32H18N2S2. The largest absolute Gasteiger partial charge is 0.244 e. The molecule has 2 nitrogen and oxygen atoms in total. The van der Waals surface area contributed by atoms with Crippen LogP contribution in [0.25, 0.3) is 31.3 Å². The molecule has 0 fully saturated rings. The van der Waals surface area contributed by atoms with Gasteiger partial charge in [0.25, 0.3) is 0 Å². The summed E-state index contributed by atoms with van der Waals surface area (Å²) in [4.78, 5) is 9.13. The average Bonchev–Trinajstić information content (AvgIpc) is 3.57. The number of rotatable bonds is 1. The number of fused-ring (bicyclic) bond motifs is 7. The van der Waals surface area contributed by atoms with E-state index in [2.05, 4.69) is 101 Å². The van der Waals surface area contributed by atoms with Crippen LogP contribution in [0, 0.1) is 41.2 Å². The Kier molecular flexibility index (Phi) is 4.30. The first kappa shape index (κ1) is 20.1. The van der Waals surface area contributed by atoms with Crippen LogP contribution in [-0.4, -0.2) is 9.97 Å². The van der Waals surface area contributed by atoms with Gasteiger partial charge in [0.15, 0.2) is 0 Å². The minimum atomic E-state index is 0.989. The van der Waals surface area contributed by atoms with Crippen molar-refractivity contribution >= 4 is 42.8 Å². The first-order valence-electron chi connectivity index (χ1n) is 11.9. The Hall–Kier alpha value is -4.12. The number of benzene rings is 4. The Balaban J connectivity index is 1.62. The van der Waals surface area contributed by atoms with Gasteiger partial charge in [-0.05, 0) is 45.1 Å². The van der Waals surface area contributed by atoms with Crippen LogP contribution < -0.4 is 0 Å². The predicted octanol–water partition coefficient (Wildman–Crippen LogP) is 8.03. The lowest BCUT2D eigenvalue weighted by Gasteiger charge is -2.06. The fourth-order valence-electron chi connectivity index (χ4n) is 5.50. The smallest absolute Gasteiger partial charge is 0.116 e. The minimum absolute atomic E-state index is 0.989. The summed E-state index contributed by atoms with van der Waals surface area (Å²) in [6.07, 6.45) is 3.61. The Morgan fingerprint density at radius 2 is 1.47 bits per heavy atom. The van der Waals surface area contributed by atoms with Crippen molar-refractivity contribution in [1.29, 1.82) is 0 Å². The van der Waals surface area contributed by atoms with Crippen molar-refractivity contribution in [2.24, 2.45) is 0 Å². The molecule has 0 radical (unpaired) electrons. The van der Waals surface area contributed by atoms with Gasteiger partial charge < -0.3 is 0 Å². The normalized spacial score (nSPS) is 15.9. The van der Waals surface area contributed by atoms with Crippen LogP contribution in [0.2, 0.25) is 0 Å². The minimum Gasteiger partial charge on any atom is -0.244 e. The highest BCUT2D eigenvalue weighted by atomic mass is 32.1. The van der Waals surface area contributed by atoms with E-state index in [0.29, 0.717) is 0 Å². The summed E-state index contributed by atoms with van der Waals surface area (Å²) in [5, 5.41) is 13.0. The second-order valence-corrected chi connectivity index (χ2v) is 11.0. The Labute approximate surface area is 213 Å². The van der Waals surface area contributed by atoms with Gasteiger partial charge in [-0.25, -0.2) is 9.97 Å². The first-order valence-corrected chi connectivity index (χ1v) is 13.6. The molecule has 1 aliphatic carbocycles. The fraction of sp³-hybridized carbons (Fsp3) is 0. The standard InChI is InChI=1S/C32H18N2S2/c1-2-8-23-21(6-1)27-16-19(20-9-5-10-24-22-7-3-4-11-29(22)36-32(20)24)12-13-25(27)31-26(14-15-35-31)28-17-33-18-34-30(23)28/h1-18H/b27-21-,28-26-,30-23+,31-25+. The number of thiophene rings is 2. The van der Waals surface area contributed by atoms with Gasteiger partial charge >= 0.3 is 0 Å². The highest BCUT2D eigenvalue weighted by Gasteiger charge is 2.11. The molecule has 36 heavy (non-hydrogen) atoms. The number of aromatic nitrogens is 2. The third kappa shape index (κ3) is 2.83. The molecule has 0 atom stereocenters. The molecule has 4 aromatic carbocycles. The van der Waals surface area contributed by atoms with Gasteiger partial charge in [-0.15, -0.1) is 22.7 Å². The van der Waals surface area contributed by atoms with Crippen LogP contribution >= 0.6 is 22.7 Å². The first-order chi connectivity index (χ1) is 17.9. The van der Waals surface area contributed by atoms with Crippen LogP contribution in [0.15, 0.2) is 109 Å². The molecule has 1 aliphatic rings. The van der Waals surface area contributed by atoms with E-state index in [1.165, 1.54) is 56.7 Å². The molecule has 7 aromatic rings. The van der Waals surface area contributed by atoms with Crippen molar-refractivity contribution in [2.75, 3.05) is 0 Å². The molecule has 0 saturated heterocycles. The van der Waals surface area contributed by atoms with Gasteiger partial charge in [0.05, 0.1) is 5.35 Å². The molecule has 8 rings (SSSR count). The van der Waals surface area contributed by atoms with Gasteiger partial charge in [0.2, 0.25) is 0 Å². The van der Waals surface area contributed by atoms with Crippen molar-refractivity contribution in [1.82, 2.24) is 9.97 Å². The van der Waals surface area contributed by atoms with E-state index in [4.69, 9.17) is 4.98 Å². The number of hydrogen-bond donors (Lipinski definition) is 0. The molecule has 3 heterocycles. The summed E-state index contributed by atoms with van der Waals surface area (Å²) in [6.45, 7) is 0. The topological polar surface area (TPSA) is 25.8 Å². The zero-order valence-corrected chi connectivity index (χ0v) is 20.7. The summed E-state index contributed by atoms with van der Waals surface area (Å²) in [6, 6.07) is 33.2. The Morgan fingerprint density at radius 3 is 2.44 bits per heavy atom. The third-order valence-corrected chi connectivity index (χ3v) is 9.29. The second kappa shape index (κ2) is 7.69. The summed E-state index contributed by atoms with van der Waals surface area (Å²) in [7, 11) is 0. The lowest BCUT2D eigenvalue weighted by Crippen LogP contribution is -1.91. The van der Waals surface area contributed by atoms with Crippen LogP contribution in [0.3, 0.4) is 0 Å². The summed E-state index contributed by atoms with van der Waals surface area (Å²) < 4.78 is 3.94. The molecule has 168 valence electrons. The molecule has 0 N–H and O–H groups in total. The van der Waals surface area contributed by atoms with Gasteiger partial charge in [-0.3, -0.25) is 0 Å². The molecule has 3 aromatic heterocycles. The lowest BCUT2D eigenvalue weighted by molar-refractivity contribution is 1.08. The summed E-state index contributed by atoms with van der Waals surface area (Å²) >= 11 is 3.66. The maximum Gasteiger partial charge on any atom is 0.116 e. The van der Waals surface area contributed by atoms with E-state index in [-0.39, 0.29) is 0 Å². The zero-order valence-electron chi connectivity index (χ0n) is 19.1. The van der Waals surface area contributed by atoms with Crippen molar-refractivity contribution < 1.29 is 0 Å². The van der Waals surface area contributed by atoms with Crippen molar-refractivity contribution in [3.63, 3.8) is 0 Å². The van der Waals surface area contributed by atoms with E-state index in [9.17, 15) is 0 Å². The number of hydrogen-bond acceptors (Lipinski definition) is 4. The lowest BCUT2D eigenvalue weighted by atomic mass is 9.99. The van der Waals surface area contributed by atoms with Crippen molar-refractivity contribution in [2.45, 2.75) is 0 Å². The molecule has 0 saturated carbocycles. The SMILES string of the molecule is c1ccc2/c(c1)=c1/cc(-c3cccc4c3sc3ccccc34)cc/c1=c1\scc\c1=c1/cncn/c1=2. The van der Waals surface area contributed by atoms with E-state index < -0.39 is 0 Å². The van der Waals surface area contributed by atoms with Gasteiger partial charge in [-0.2, -0.15) is 0 Å². The molecule has 0 aliphatic heterocycles. The van der Waals surface area contributed by atoms with E-state index >= 15 is 0 Å². The molecule has 0 amide bonds. The van der Waals surface area contributed by atoms with Crippen LogP contribution in [0.5, 0.6) is 0 Å². The quantitative estimate of drug-likeness (QED) is 0.231. The maximum atomic E-state index is 4.75. The Morgan fingerprint density at radius 1 is 0.611 bits per heavy atom. The maximum absolute atomic E-state index is 4.75. The molecule has 4 heteroatoms. The van der Waals surface area contributed by atoms with E-state index in [0.717, 1.165) is 15.8 Å². The average molecular weight is 495 g/mol. The van der Waals surface area contributed by atoms with E-state index in [1.807, 2.05) is 17.5 Å². The monoisotopic (exact) mass is 494 g/mol.